The molecule has 3 aromatic rings. The number of aryl methyl sites for hydroxylation is 1. The second-order valence-electron chi connectivity index (χ2n) is 5.06. The summed E-state index contributed by atoms with van der Waals surface area (Å²) in [4.78, 5) is 12.1. The number of rotatable bonds is 5. The van der Waals surface area contributed by atoms with Crippen LogP contribution in [0.1, 0.15) is 5.56 Å². The molecule has 8 heteroatoms. The average Bonchev–Trinajstić information content (AvgIpc) is 3.02. The van der Waals surface area contributed by atoms with Crippen molar-refractivity contribution in [2.75, 3.05) is 11.1 Å². The Morgan fingerprint density at radius 3 is 2.79 bits per heavy atom. The summed E-state index contributed by atoms with van der Waals surface area (Å²) in [6, 6.07) is 14.8. The van der Waals surface area contributed by atoms with Crippen LogP contribution in [0.25, 0.3) is 5.69 Å². The van der Waals surface area contributed by atoms with Crippen molar-refractivity contribution in [2.24, 2.45) is 0 Å². The molecule has 3 rings (SSSR count). The van der Waals surface area contributed by atoms with Gasteiger partial charge in [0.25, 0.3) is 0 Å². The number of hydrogen-bond acceptors (Lipinski definition) is 5. The third kappa shape index (κ3) is 4.12. The summed E-state index contributed by atoms with van der Waals surface area (Å²) in [6.07, 6.45) is 0. The monoisotopic (exact) mass is 359 g/mol. The summed E-state index contributed by atoms with van der Waals surface area (Å²) in [7, 11) is 0. The number of tetrazole rings is 1. The van der Waals surface area contributed by atoms with Crippen molar-refractivity contribution in [3.8, 4) is 5.69 Å². The lowest BCUT2D eigenvalue weighted by Gasteiger charge is -2.06. The van der Waals surface area contributed by atoms with E-state index in [0.29, 0.717) is 10.2 Å². The zero-order chi connectivity index (χ0) is 16.9. The molecule has 0 aliphatic rings. The van der Waals surface area contributed by atoms with Crippen LogP contribution in [0.2, 0.25) is 5.02 Å². The highest BCUT2D eigenvalue weighted by Crippen LogP contribution is 2.20. The van der Waals surface area contributed by atoms with Crippen LogP contribution in [0.15, 0.2) is 53.7 Å². The minimum atomic E-state index is -0.115. The van der Waals surface area contributed by atoms with Gasteiger partial charge in [0, 0.05) is 10.7 Å². The Labute approximate surface area is 148 Å². The van der Waals surface area contributed by atoms with Gasteiger partial charge in [-0.05, 0) is 59.3 Å². The molecule has 122 valence electrons. The molecule has 0 saturated heterocycles. The molecule has 0 saturated carbocycles. The molecule has 0 radical (unpaired) electrons. The quantitative estimate of drug-likeness (QED) is 0.707. The first-order valence-corrected chi connectivity index (χ1v) is 8.52. The largest absolute Gasteiger partial charge is 0.325 e. The van der Waals surface area contributed by atoms with Gasteiger partial charge in [0.2, 0.25) is 11.1 Å². The van der Waals surface area contributed by atoms with Crippen molar-refractivity contribution in [2.45, 2.75) is 12.1 Å². The molecule has 0 unspecified atom stereocenters. The fourth-order valence-corrected chi connectivity index (χ4v) is 2.88. The number of thioether (sulfide) groups is 1. The first kappa shape index (κ1) is 16.5. The number of aromatic nitrogens is 4. The van der Waals surface area contributed by atoms with Gasteiger partial charge in [-0.2, -0.15) is 4.68 Å². The zero-order valence-corrected chi connectivity index (χ0v) is 14.4. The second-order valence-corrected chi connectivity index (χ2v) is 6.43. The van der Waals surface area contributed by atoms with Crippen LogP contribution >= 0.6 is 23.4 Å². The average molecular weight is 360 g/mol. The Morgan fingerprint density at radius 2 is 2.04 bits per heavy atom. The highest BCUT2D eigenvalue weighted by atomic mass is 35.5. The van der Waals surface area contributed by atoms with Gasteiger partial charge in [0.15, 0.2) is 0 Å². The standard InChI is InChI=1S/C16H14ClN5OS/c1-11-3-2-4-13(9-11)18-15(23)10-24-16-19-20-21-22(16)14-7-5-12(17)6-8-14/h2-9H,10H2,1H3,(H,18,23). The number of carbonyl (C=O) groups excluding carboxylic acids is 1. The molecule has 1 N–H and O–H groups in total. The summed E-state index contributed by atoms with van der Waals surface area (Å²) >= 11 is 7.15. The van der Waals surface area contributed by atoms with Crippen LogP contribution in [0.5, 0.6) is 0 Å². The van der Waals surface area contributed by atoms with Crippen LogP contribution < -0.4 is 5.32 Å². The summed E-state index contributed by atoms with van der Waals surface area (Å²) in [5, 5.41) is 15.6. The predicted octanol–water partition coefficient (Wildman–Crippen LogP) is 3.35. The Hall–Kier alpha value is -2.38. The fraction of sp³-hybridized carbons (Fsp3) is 0.125. The van der Waals surface area contributed by atoms with E-state index < -0.39 is 0 Å². The Morgan fingerprint density at radius 1 is 1.25 bits per heavy atom. The molecule has 1 heterocycles. The smallest absolute Gasteiger partial charge is 0.234 e. The molecule has 0 fully saturated rings. The van der Waals surface area contributed by atoms with Crippen LogP contribution in [0.3, 0.4) is 0 Å². The highest BCUT2D eigenvalue weighted by Gasteiger charge is 2.11. The Kier molecular flexibility index (Phi) is 5.12. The maximum absolute atomic E-state index is 12.1. The van der Waals surface area contributed by atoms with Crippen molar-refractivity contribution in [3.05, 3.63) is 59.1 Å². The summed E-state index contributed by atoms with van der Waals surface area (Å²) in [5.41, 5.74) is 2.65. The van der Waals surface area contributed by atoms with E-state index in [1.165, 1.54) is 11.8 Å². The van der Waals surface area contributed by atoms with Gasteiger partial charge in [-0.1, -0.05) is 35.5 Å². The molecule has 0 bridgehead atoms. The second kappa shape index (κ2) is 7.46. The van der Waals surface area contributed by atoms with Crippen LogP contribution in [0.4, 0.5) is 5.69 Å². The molecule has 0 atom stereocenters. The lowest BCUT2D eigenvalue weighted by molar-refractivity contribution is -0.113. The first-order valence-electron chi connectivity index (χ1n) is 7.15. The van der Waals surface area contributed by atoms with Gasteiger partial charge >= 0.3 is 0 Å². The minimum Gasteiger partial charge on any atom is -0.325 e. The van der Waals surface area contributed by atoms with Crippen molar-refractivity contribution < 1.29 is 4.79 Å². The van der Waals surface area contributed by atoms with Gasteiger partial charge in [-0.25, -0.2) is 0 Å². The maximum Gasteiger partial charge on any atom is 0.234 e. The van der Waals surface area contributed by atoms with Crippen LogP contribution in [0, 0.1) is 6.92 Å². The fourth-order valence-electron chi connectivity index (χ4n) is 2.06. The SMILES string of the molecule is Cc1cccc(NC(=O)CSc2nnnn2-c2ccc(Cl)cc2)c1. The lowest BCUT2D eigenvalue weighted by atomic mass is 10.2. The minimum absolute atomic E-state index is 0.115. The number of anilines is 1. The van der Waals surface area contributed by atoms with Crippen molar-refractivity contribution in [3.63, 3.8) is 0 Å². The van der Waals surface area contributed by atoms with Gasteiger partial charge in [-0.15, -0.1) is 5.10 Å². The molecule has 0 aliphatic carbocycles. The zero-order valence-electron chi connectivity index (χ0n) is 12.8. The molecule has 0 aliphatic heterocycles. The normalized spacial score (nSPS) is 10.6. The van der Waals surface area contributed by atoms with Crippen molar-refractivity contribution in [1.82, 2.24) is 20.2 Å². The molecular weight excluding hydrogens is 346 g/mol. The third-order valence-corrected chi connectivity index (χ3v) is 4.32. The first-order chi connectivity index (χ1) is 11.6. The van der Waals surface area contributed by atoms with E-state index in [9.17, 15) is 4.79 Å². The van der Waals surface area contributed by atoms with E-state index in [1.54, 1.807) is 16.8 Å². The van der Waals surface area contributed by atoms with Gasteiger partial charge in [0.1, 0.15) is 0 Å². The van der Waals surface area contributed by atoms with E-state index in [0.717, 1.165) is 16.9 Å². The Balaban J connectivity index is 1.64. The molecule has 24 heavy (non-hydrogen) atoms. The maximum atomic E-state index is 12.1. The third-order valence-electron chi connectivity index (χ3n) is 3.15. The van der Waals surface area contributed by atoms with E-state index in [4.69, 9.17) is 11.6 Å². The van der Waals surface area contributed by atoms with Gasteiger partial charge < -0.3 is 5.32 Å². The molecular formula is C16H14ClN5OS. The molecule has 6 nitrogen and oxygen atoms in total. The number of amides is 1. The number of halogens is 1. The van der Waals surface area contributed by atoms with Crippen molar-refractivity contribution in [1.29, 1.82) is 0 Å². The summed E-state index contributed by atoms with van der Waals surface area (Å²) in [6.45, 7) is 1.98. The number of nitrogens with zero attached hydrogens (tertiary/aromatic N) is 4. The lowest BCUT2D eigenvalue weighted by Crippen LogP contribution is -2.14. The molecule has 1 amide bonds. The Bertz CT molecular complexity index is 850. The van der Waals surface area contributed by atoms with Gasteiger partial charge in [-0.3, -0.25) is 4.79 Å². The van der Waals surface area contributed by atoms with E-state index >= 15 is 0 Å². The summed E-state index contributed by atoms with van der Waals surface area (Å²) < 4.78 is 1.57. The van der Waals surface area contributed by atoms with E-state index in [2.05, 4.69) is 20.8 Å². The van der Waals surface area contributed by atoms with E-state index in [1.807, 2.05) is 43.3 Å². The summed E-state index contributed by atoms with van der Waals surface area (Å²) in [5.74, 6) is 0.0956. The highest BCUT2D eigenvalue weighted by molar-refractivity contribution is 7.99. The van der Waals surface area contributed by atoms with E-state index in [-0.39, 0.29) is 11.7 Å². The van der Waals surface area contributed by atoms with Crippen molar-refractivity contribution >= 4 is 35.0 Å². The van der Waals surface area contributed by atoms with Crippen LogP contribution in [-0.2, 0) is 4.79 Å². The number of nitrogens with one attached hydrogen (secondary N) is 1. The molecule has 1 aromatic heterocycles. The predicted molar refractivity (Wildman–Crippen MR) is 94.7 cm³/mol. The number of benzene rings is 2. The topological polar surface area (TPSA) is 72.7 Å². The number of carbonyl (C=O) groups is 1. The van der Waals surface area contributed by atoms with Crippen LogP contribution in [-0.4, -0.2) is 31.9 Å². The van der Waals surface area contributed by atoms with Gasteiger partial charge in [0.05, 0.1) is 11.4 Å². The molecule has 2 aromatic carbocycles. The molecule has 0 spiro atoms. The number of hydrogen-bond donors (Lipinski definition) is 1.